The number of carbonyl (C=O) groups excluding carboxylic acids is 1. The minimum absolute atomic E-state index is 0.176. The average molecular weight is 644 g/mol. The SMILES string of the molecule is CN1CCC[C@H]1COc1nc(N2CCN(C(=O)/C=C/CF)[C@@H](CC#N)C2)c2c(n1)C1(CC1)N(c1cccc3cccc(Cl)c13)CC2. The number of amides is 1. The molecule has 3 fully saturated rings. The number of carbonyl (C=O) groups is 1. The van der Waals surface area contributed by atoms with Crippen LogP contribution in [0.2, 0.25) is 5.02 Å². The number of rotatable bonds is 8. The summed E-state index contributed by atoms with van der Waals surface area (Å²) in [6.07, 6.45) is 7.55. The Labute approximate surface area is 274 Å². The second-order valence-electron chi connectivity index (χ2n) is 12.8. The van der Waals surface area contributed by atoms with Gasteiger partial charge in [0.15, 0.2) is 0 Å². The number of piperazine rings is 1. The zero-order chi connectivity index (χ0) is 31.8. The molecule has 1 aliphatic carbocycles. The van der Waals surface area contributed by atoms with Crippen LogP contribution in [0.15, 0.2) is 48.6 Å². The molecule has 7 rings (SSSR count). The molecule has 9 nitrogen and oxygen atoms in total. The van der Waals surface area contributed by atoms with E-state index in [1.54, 1.807) is 4.90 Å². The van der Waals surface area contributed by atoms with Crippen LogP contribution in [-0.2, 0) is 16.8 Å². The number of anilines is 2. The number of likely N-dealkylation sites (tertiary alicyclic amines) is 1. The molecule has 1 saturated carbocycles. The molecule has 46 heavy (non-hydrogen) atoms. The van der Waals surface area contributed by atoms with E-state index < -0.39 is 6.67 Å². The van der Waals surface area contributed by atoms with Crippen LogP contribution in [0.3, 0.4) is 0 Å². The lowest BCUT2D eigenvalue weighted by atomic mass is 9.93. The predicted molar refractivity (Wildman–Crippen MR) is 177 cm³/mol. The summed E-state index contributed by atoms with van der Waals surface area (Å²) in [5.41, 5.74) is 2.94. The van der Waals surface area contributed by atoms with E-state index in [0.29, 0.717) is 38.3 Å². The summed E-state index contributed by atoms with van der Waals surface area (Å²) in [6.45, 7) is 3.06. The fourth-order valence-corrected chi connectivity index (χ4v) is 7.93. The molecule has 0 unspecified atom stereocenters. The van der Waals surface area contributed by atoms with E-state index in [0.717, 1.165) is 83.8 Å². The predicted octanol–water partition coefficient (Wildman–Crippen LogP) is 5.26. The summed E-state index contributed by atoms with van der Waals surface area (Å²) in [5, 5.41) is 12.5. The molecule has 0 bridgehead atoms. The fourth-order valence-electron chi connectivity index (χ4n) is 7.66. The van der Waals surface area contributed by atoms with Crippen molar-refractivity contribution in [2.45, 2.75) is 56.1 Å². The van der Waals surface area contributed by atoms with Crippen molar-refractivity contribution in [3.8, 4) is 12.1 Å². The molecule has 0 radical (unpaired) electrons. The molecular formula is C35H39ClFN7O2. The van der Waals surface area contributed by atoms with Gasteiger partial charge in [-0.15, -0.1) is 0 Å². The first-order valence-corrected chi connectivity index (χ1v) is 16.7. The molecule has 3 aliphatic heterocycles. The van der Waals surface area contributed by atoms with Crippen molar-refractivity contribution in [3.05, 3.63) is 64.8 Å². The van der Waals surface area contributed by atoms with Crippen molar-refractivity contribution >= 4 is 39.8 Å². The van der Waals surface area contributed by atoms with Gasteiger partial charge in [0.1, 0.15) is 19.1 Å². The Morgan fingerprint density at radius 3 is 2.72 bits per heavy atom. The van der Waals surface area contributed by atoms with Crippen LogP contribution in [0, 0.1) is 11.3 Å². The van der Waals surface area contributed by atoms with Crippen LogP contribution in [0.5, 0.6) is 6.01 Å². The molecule has 1 spiro atoms. The Bertz CT molecular complexity index is 1700. The molecular weight excluding hydrogens is 605 g/mol. The summed E-state index contributed by atoms with van der Waals surface area (Å²) < 4.78 is 19.2. The zero-order valence-electron chi connectivity index (χ0n) is 26.2. The number of allylic oxidation sites excluding steroid dienone is 1. The molecule has 4 aliphatic rings. The number of fused-ring (bicyclic) bond motifs is 3. The highest BCUT2D eigenvalue weighted by atomic mass is 35.5. The monoisotopic (exact) mass is 643 g/mol. The minimum Gasteiger partial charge on any atom is -0.462 e. The van der Waals surface area contributed by atoms with Gasteiger partial charge in [0, 0.05) is 54.9 Å². The highest BCUT2D eigenvalue weighted by Gasteiger charge is 2.55. The quantitative estimate of drug-likeness (QED) is 0.307. The van der Waals surface area contributed by atoms with E-state index in [4.69, 9.17) is 26.3 Å². The first kappa shape index (κ1) is 30.7. The van der Waals surface area contributed by atoms with Crippen LogP contribution in [-0.4, -0.2) is 90.8 Å². The van der Waals surface area contributed by atoms with Crippen LogP contribution in [0.4, 0.5) is 15.9 Å². The summed E-state index contributed by atoms with van der Waals surface area (Å²) in [5.74, 6) is 0.560. The average Bonchev–Trinajstić information content (AvgIpc) is 3.74. The summed E-state index contributed by atoms with van der Waals surface area (Å²) in [4.78, 5) is 31.8. The van der Waals surface area contributed by atoms with Crippen molar-refractivity contribution in [2.75, 3.05) is 62.9 Å². The van der Waals surface area contributed by atoms with Crippen molar-refractivity contribution in [1.82, 2.24) is 19.8 Å². The lowest BCUT2D eigenvalue weighted by Gasteiger charge is -2.44. The number of ether oxygens (including phenoxy) is 1. The van der Waals surface area contributed by atoms with Gasteiger partial charge >= 0.3 is 6.01 Å². The number of likely N-dealkylation sites (N-methyl/N-ethyl adjacent to an activating group) is 1. The molecule has 2 atom stereocenters. The zero-order valence-corrected chi connectivity index (χ0v) is 26.9. The number of aromatic nitrogens is 2. The highest BCUT2D eigenvalue weighted by molar-refractivity contribution is 6.36. The van der Waals surface area contributed by atoms with Crippen molar-refractivity contribution in [3.63, 3.8) is 0 Å². The Balaban J connectivity index is 1.27. The van der Waals surface area contributed by atoms with Crippen molar-refractivity contribution < 1.29 is 13.9 Å². The van der Waals surface area contributed by atoms with Gasteiger partial charge in [-0.25, -0.2) is 4.39 Å². The van der Waals surface area contributed by atoms with E-state index in [1.807, 2.05) is 12.1 Å². The molecule has 2 saturated heterocycles. The lowest BCUT2D eigenvalue weighted by Crippen LogP contribution is -2.55. The summed E-state index contributed by atoms with van der Waals surface area (Å²) in [7, 11) is 2.13. The fraction of sp³-hybridized carbons (Fsp3) is 0.486. The van der Waals surface area contributed by atoms with E-state index in [2.05, 4.69) is 52.1 Å². The Morgan fingerprint density at radius 2 is 1.98 bits per heavy atom. The number of nitrogens with zero attached hydrogens (tertiary/aromatic N) is 7. The first-order chi connectivity index (χ1) is 22.4. The third-order valence-electron chi connectivity index (χ3n) is 10.2. The minimum atomic E-state index is -0.704. The van der Waals surface area contributed by atoms with E-state index in [1.165, 1.54) is 12.2 Å². The maximum absolute atomic E-state index is 12.9. The molecule has 2 aromatic carbocycles. The standard InChI is InChI=1S/C35H39ClFN7O2/c1-41-18-5-8-26(41)23-46-34-39-32-27(33(40-34)42-20-21-43(25(22-42)12-17-38)30(45)11-4-16-37)13-19-44(35(32)14-15-35)29-10-3-7-24-6-2-9-28(36)31(24)29/h2-4,6-7,9-11,25-26H,5,8,12-16,18-23H2,1H3/b11-4+/t25-,26-/m0/s1. The third kappa shape index (κ3) is 5.54. The Morgan fingerprint density at radius 1 is 1.15 bits per heavy atom. The third-order valence-corrected chi connectivity index (χ3v) is 10.5. The molecule has 1 aromatic heterocycles. The lowest BCUT2D eigenvalue weighted by molar-refractivity contribution is -0.128. The molecule has 11 heteroatoms. The van der Waals surface area contributed by atoms with Gasteiger partial charge < -0.3 is 24.3 Å². The largest absolute Gasteiger partial charge is 0.462 e. The summed E-state index contributed by atoms with van der Waals surface area (Å²) >= 11 is 6.81. The maximum atomic E-state index is 12.9. The van der Waals surface area contributed by atoms with E-state index in [-0.39, 0.29) is 23.9 Å². The van der Waals surface area contributed by atoms with Gasteiger partial charge in [-0.1, -0.05) is 35.9 Å². The highest BCUT2D eigenvalue weighted by Crippen LogP contribution is 2.57. The molecule has 240 valence electrons. The number of hydrogen-bond donors (Lipinski definition) is 0. The molecule has 4 heterocycles. The van der Waals surface area contributed by atoms with Crippen LogP contribution < -0.4 is 14.5 Å². The number of nitriles is 1. The smallest absolute Gasteiger partial charge is 0.318 e. The summed E-state index contributed by atoms with van der Waals surface area (Å²) in [6, 6.07) is 15.0. The van der Waals surface area contributed by atoms with Gasteiger partial charge in [-0.2, -0.15) is 15.2 Å². The van der Waals surface area contributed by atoms with Crippen molar-refractivity contribution in [1.29, 1.82) is 5.26 Å². The Kier molecular flexibility index (Phi) is 8.47. The number of halogens is 2. The number of alkyl halides is 1. The van der Waals surface area contributed by atoms with Crippen LogP contribution in [0.1, 0.15) is 43.4 Å². The van der Waals surface area contributed by atoms with Gasteiger partial charge in [-0.3, -0.25) is 4.79 Å². The van der Waals surface area contributed by atoms with E-state index >= 15 is 0 Å². The van der Waals surface area contributed by atoms with E-state index in [9.17, 15) is 14.4 Å². The second kappa shape index (κ2) is 12.7. The molecule has 1 amide bonds. The van der Waals surface area contributed by atoms with Crippen molar-refractivity contribution in [2.24, 2.45) is 0 Å². The van der Waals surface area contributed by atoms with Crippen LogP contribution in [0.25, 0.3) is 10.8 Å². The first-order valence-electron chi connectivity index (χ1n) is 16.3. The topological polar surface area (TPSA) is 88.8 Å². The van der Waals surface area contributed by atoms with Gasteiger partial charge in [0.2, 0.25) is 5.91 Å². The van der Waals surface area contributed by atoms with Gasteiger partial charge in [0.25, 0.3) is 0 Å². The normalized spacial score (nSPS) is 22.4. The maximum Gasteiger partial charge on any atom is 0.318 e. The molecule has 0 N–H and O–H groups in total. The van der Waals surface area contributed by atoms with Crippen LogP contribution >= 0.6 is 11.6 Å². The second-order valence-corrected chi connectivity index (χ2v) is 13.3. The molecule has 3 aromatic rings. The van der Waals surface area contributed by atoms with Gasteiger partial charge in [-0.05, 0) is 69.3 Å². The number of hydrogen-bond acceptors (Lipinski definition) is 8. The number of benzene rings is 2. The Hall–Kier alpha value is -3.94. The van der Waals surface area contributed by atoms with Gasteiger partial charge in [0.05, 0.1) is 34.8 Å².